The highest BCUT2D eigenvalue weighted by atomic mass is 32.2. The standard InChI is InChI=1S/C27H47N5O11S/c1-2-4-37-6-8-39-10-12-41-14-16-43-17-15-42-13-11-40-9-7-38-5-3-32-20-22(30-31-32)19-28-25(33)18-24-26(34)29-23(21-44-24)27(35)36/h20,23-24H,2-19,21H2,1H3,(H,28,33)(H,29,34)(H,35,36). The molecule has 2 heterocycles. The van der Waals surface area contributed by atoms with E-state index in [1.165, 1.54) is 0 Å². The molecule has 252 valence electrons. The van der Waals surface area contributed by atoms with E-state index < -0.39 is 23.2 Å². The van der Waals surface area contributed by atoms with E-state index in [2.05, 4.69) is 27.9 Å². The van der Waals surface area contributed by atoms with Crippen LogP contribution < -0.4 is 10.6 Å². The van der Waals surface area contributed by atoms with E-state index in [0.29, 0.717) is 98.1 Å². The zero-order valence-corrected chi connectivity index (χ0v) is 26.3. The van der Waals surface area contributed by atoms with E-state index in [9.17, 15) is 14.4 Å². The lowest BCUT2D eigenvalue weighted by atomic mass is 10.2. The molecule has 1 saturated heterocycles. The molecular formula is C27H47N5O11S. The van der Waals surface area contributed by atoms with E-state index in [0.717, 1.165) is 24.8 Å². The van der Waals surface area contributed by atoms with Crippen molar-refractivity contribution in [3.63, 3.8) is 0 Å². The molecule has 44 heavy (non-hydrogen) atoms. The van der Waals surface area contributed by atoms with Crippen molar-refractivity contribution < 1.29 is 52.6 Å². The molecule has 1 aliphatic rings. The molecule has 2 amide bonds. The minimum absolute atomic E-state index is 0.0447. The smallest absolute Gasteiger partial charge is 0.327 e. The first-order valence-corrected chi connectivity index (χ1v) is 15.9. The van der Waals surface area contributed by atoms with Gasteiger partial charge in [-0.1, -0.05) is 12.1 Å². The number of carbonyl (C=O) groups is 3. The van der Waals surface area contributed by atoms with Crippen LogP contribution in [0.4, 0.5) is 0 Å². The van der Waals surface area contributed by atoms with Gasteiger partial charge in [0.25, 0.3) is 0 Å². The third-order valence-electron chi connectivity index (χ3n) is 5.84. The molecule has 0 aliphatic carbocycles. The molecule has 1 fully saturated rings. The predicted octanol–water partition coefficient (Wildman–Crippen LogP) is -0.505. The highest BCUT2D eigenvalue weighted by Crippen LogP contribution is 2.21. The maximum absolute atomic E-state index is 12.2. The van der Waals surface area contributed by atoms with Crippen LogP contribution in [-0.4, -0.2) is 147 Å². The van der Waals surface area contributed by atoms with Crippen LogP contribution >= 0.6 is 11.8 Å². The lowest BCUT2D eigenvalue weighted by Crippen LogP contribution is -2.51. The molecule has 2 rings (SSSR count). The second kappa shape index (κ2) is 24.9. The molecule has 0 saturated carbocycles. The molecule has 3 N–H and O–H groups in total. The van der Waals surface area contributed by atoms with Gasteiger partial charge in [-0.15, -0.1) is 16.9 Å². The highest BCUT2D eigenvalue weighted by molar-refractivity contribution is 8.00. The Morgan fingerprint density at radius 2 is 1.39 bits per heavy atom. The summed E-state index contributed by atoms with van der Waals surface area (Å²) in [6.45, 7) is 9.96. The van der Waals surface area contributed by atoms with E-state index >= 15 is 0 Å². The summed E-state index contributed by atoms with van der Waals surface area (Å²) in [4.78, 5) is 35.2. The average molecular weight is 650 g/mol. The molecule has 1 aromatic rings. The van der Waals surface area contributed by atoms with Gasteiger partial charge < -0.3 is 48.9 Å². The van der Waals surface area contributed by atoms with Gasteiger partial charge in [-0.05, 0) is 6.42 Å². The van der Waals surface area contributed by atoms with Crippen LogP contribution in [0.1, 0.15) is 25.5 Å². The van der Waals surface area contributed by atoms with Crippen LogP contribution in [0, 0.1) is 0 Å². The summed E-state index contributed by atoms with van der Waals surface area (Å²) in [5.41, 5.74) is 0.567. The summed E-state index contributed by atoms with van der Waals surface area (Å²) in [6.07, 6.45) is 2.67. The number of hydrogen-bond donors (Lipinski definition) is 3. The van der Waals surface area contributed by atoms with Crippen molar-refractivity contribution in [1.29, 1.82) is 0 Å². The molecule has 16 nitrogen and oxygen atoms in total. The van der Waals surface area contributed by atoms with Gasteiger partial charge in [-0.3, -0.25) is 9.59 Å². The number of nitrogens with one attached hydrogen (secondary N) is 2. The topological polar surface area (TPSA) is 191 Å². The largest absolute Gasteiger partial charge is 0.480 e. The number of rotatable bonds is 28. The molecule has 2 atom stereocenters. The van der Waals surface area contributed by atoms with E-state index in [-0.39, 0.29) is 24.6 Å². The van der Waals surface area contributed by atoms with E-state index in [1.807, 2.05) is 0 Å². The summed E-state index contributed by atoms with van der Waals surface area (Å²) in [7, 11) is 0. The zero-order valence-electron chi connectivity index (χ0n) is 25.4. The van der Waals surface area contributed by atoms with Crippen LogP contribution in [-0.2, 0) is 60.6 Å². The first-order chi connectivity index (χ1) is 21.5. The number of hydrogen-bond acceptors (Lipinski definition) is 13. The molecule has 2 unspecified atom stereocenters. The van der Waals surface area contributed by atoms with Crippen molar-refractivity contribution in [3.05, 3.63) is 11.9 Å². The molecule has 17 heteroatoms. The Morgan fingerprint density at radius 1 is 0.886 bits per heavy atom. The number of carboxylic acid groups (broad SMARTS) is 1. The molecule has 0 bridgehead atoms. The van der Waals surface area contributed by atoms with Gasteiger partial charge in [0.2, 0.25) is 11.8 Å². The molecule has 0 spiro atoms. The Balaban J connectivity index is 1.33. The van der Waals surface area contributed by atoms with E-state index in [4.69, 9.17) is 38.3 Å². The van der Waals surface area contributed by atoms with Crippen LogP contribution in [0.15, 0.2) is 6.20 Å². The molecule has 1 aromatic heterocycles. The van der Waals surface area contributed by atoms with Gasteiger partial charge in [0.15, 0.2) is 0 Å². The Bertz CT molecular complexity index is 927. The Hall–Kier alpha value is -2.38. The zero-order chi connectivity index (χ0) is 31.7. The normalized spacial score (nSPS) is 16.6. The summed E-state index contributed by atoms with van der Waals surface area (Å²) >= 11 is 1.16. The van der Waals surface area contributed by atoms with Crippen LogP contribution in [0.25, 0.3) is 0 Å². The molecule has 0 aromatic carbocycles. The monoisotopic (exact) mass is 649 g/mol. The Morgan fingerprint density at radius 3 is 1.86 bits per heavy atom. The van der Waals surface area contributed by atoms with Crippen molar-refractivity contribution in [2.24, 2.45) is 0 Å². The summed E-state index contributed by atoms with van der Waals surface area (Å²) < 4.78 is 39.7. The summed E-state index contributed by atoms with van der Waals surface area (Å²) in [6, 6.07) is -0.926. The van der Waals surface area contributed by atoms with Crippen molar-refractivity contribution in [3.8, 4) is 0 Å². The Labute approximate surface area is 262 Å². The average Bonchev–Trinajstić information content (AvgIpc) is 3.47. The molecule has 1 aliphatic heterocycles. The fourth-order valence-electron chi connectivity index (χ4n) is 3.56. The van der Waals surface area contributed by atoms with Crippen molar-refractivity contribution in [1.82, 2.24) is 25.6 Å². The third kappa shape index (κ3) is 18.4. The third-order valence-corrected chi connectivity index (χ3v) is 7.15. The quantitative estimate of drug-likeness (QED) is 0.0984. The number of thioether (sulfide) groups is 1. The van der Waals surface area contributed by atoms with Crippen molar-refractivity contribution in [2.75, 3.05) is 98.2 Å². The van der Waals surface area contributed by atoms with Gasteiger partial charge in [0, 0.05) is 18.8 Å². The number of amides is 2. The fraction of sp³-hybridized carbons (Fsp3) is 0.815. The van der Waals surface area contributed by atoms with Gasteiger partial charge in [-0.2, -0.15) is 0 Å². The van der Waals surface area contributed by atoms with Crippen LogP contribution in [0.3, 0.4) is 0 Å². The number of nitrogens with zero attached hydrogens (tertiary/aromatic N) is 3. The second-order valence-corrected chi connectivity index (χ2v) is 10.7. The lowest BCUT2D eigenvalue weighted by molar-refractivity contribution is -0.141. The van der Waals surface area contributed by atoms with Crippen molar-refractivity contribution >= 4 is 29.5 Å². The first-order valence-electron chi connectivity index (χ1n) is 14.8. The van der Waals surface area contributed by atoms with Gasteiger partial charge in [0.05, 0.1) is 110 Å². The second-order valence-electron chi connectivity index (χ2n) is 9.46. The highest BCUT2D eigenvalue weighted by Gasteiger charge is 2.33. The Kier molecular flexibility index (Phi) is 21.4. The number of carbonyl (C=O) groups excluding carboxylic acids is 2. The summed E-state index contributed by atoms with van der Waals surface area (Å²) in [5, 5.41) is 21.5. The maximum Gasteiger partial charge on any atom is 0.327 e. The van der Waals surface area contributed by atoms with Crippen molar-refractivity contribution in [2.45, 2.75) is 44.1 Å². The predicted molar refractivity (Wildman–Crippen MR) is 158 cm³/mol. The van der Waals surface area contributed by atoms with Gasteiger partial charge in [0.1, 0.15) is 11.7 Å². The van der Waals surface area contributed by atoms with E-state index in [1.54, 1.807) is 10.9 Å². The van der Waals surface area contributed by atoms with Gasteiger partial charge >= 0.3 is 5.97 Å². The van der Waals surface area contributed by atoms with Gasteiger partial charge in [-0.25, -0.2) is 9.48 Å². The first kappa shape index (κ1) is 37.8. The lowest BCUT2D eigenvalue weighted by Gasteiger charge is -2.25. The maximum atomic E-state index is 12.2. The number of ether oxygens (including phenoxy) is 7. The van der Waals surface area contributed by atoms with Crippen LogP contribution in [0.2, 0.25) is 0 Å². The minimum Gasteiger partial charge on any atom is -0.480 e. The molecule has 0 radical (unpaired) electrons. The SMILES string of the molecule is CCCOCCOCCOCCOCCOCCOCCOCCn1cc(CNC(=O)CC2SCC(C(=O)O)NC2=O)nn1. The number of aromatic nitrogens is 3. The number of carboxylic acids is 1. The molecular weight excluding hydrogens is 602 g/mol. The van der Waals surface area contributed by atoms with Crippen LogP contribution in [0.5, 0.6) is 0 Å². The summed E-state index contributed by atoms with van der Waals surface area (Å²) in [5.74, 6) is -1.65. The minimum atomic E-state index is -1.09. The number of aliphatic carboxylic acids is 1. The fourth-order valence-corrected chi connectivity index (χ4v) is 4.70.